The largest absolute Gasteiger partial charge is 0.481 e. The molecule has 6 atom stereocenters. The number of carboxylic acid groups (broad SMARTS) is 1. The summed E-state index contributed by atoms with van der Waals surface area (Å²) < 4.78 is 16.0. The molecule has 0 amide bonds. The topological polar surface area (TPSA) is 116 Å². The summed E-state index contributed by atoms with van der Waals surface area (Å²) in [4.78, 5) is 47.5. The van der Waals surface area contributed by atoms with Gasteiger partial charge in [-0.1, -0.05) is 6.58 Å². The predicted molar refractivity (Wildman–Crippen MR) is 85.6 cm³/mol. The first-order valence-corrected chi connectivity index (χ1v) is 8.53. The summed E-state index contributed by atoms with van der Waals surface area (Å²) in [5, 5.41) is 9.45. The van der Waals surface area contributed by atoms with Gasteiger partial charge in [0.15, 0.2) is 0 Å². The summed E-state index contributed by atoms with van der Waals surface area (Å²) in [5.41, 5.74) is -0.890. The van der Waals surface area contributed by atoms with E-state index in [1.54, 1.807) is 13.8 Å². The zero-order valence-electron chi connectivity index (χ0n) is 14.9. The van der Waals surface area contributed by atoms with Gasteiger partial charge in [-0.2, -0.15) is 0 Å². The first-order chi connectivity index (χ1) is 12.0. The van der Waals surface area contributed by atoms with Crippen LogP contribution >= 0.6 is 0 Å². The molecule has 8 heteroatoms. The summed E-state index contributed by atoms with van der Waals surface area (Å²) in [6.07, 6.45) is -1.08. The van der Waals surface area contributed by atoms with Crippen molar-refractivity contribution in [3.8, 4) is 0 Å². The average Bonchev–Trinajstić information content (AvgIpc) is 3.09. The van der Waals surface area contributed by atoms with E-state index in [1.165, 1.54) is 6.92 Å². The molecule has 2 aliphatic carbocycles. The molecule has 0 radical (unpaired) electrons. The smallest absolute Gasteiger partial charge is 0.333 e. The number of aliphatic carboxylic acids is 1. The van der Waals surface area contributed by atoms with E-state index in [0.717, 1.165) is 0 Å². The van der Waals surface area contributed by atoms with Crippen molar-refractivity contribution in [2.75, 3.05) is 0 Å². The zero-order valence-corrected chi connectivity index (χ0v) is 14.9. The molecule has 0 aromatic heterocycles. The Morgan fingerprint density at radius 2 is 1.96 bits per heavy atom. The molecule has 8 nitrogen and oxygen atoms in total. The molecule has 3 aliphatic rings. The number of ether oxygens (including phenoxy) is 3. The van der Waals surface area contributed by atoms with Crippen molar-refractivity contribution in [1.29, 1.82) is 0 Å². The molecule has 0 spiro atoms. The van der Waals surface area contributed by atoms with Crippen LogP contribution < -0.4 is 0 Å². The Bertz CT molecular complexity index is 693. The Morgan fingerprint density at radius 3 is 2.54 bits per heavy atom. The molecule has 2 bridgehead atoms. The fourth-order valence-electron chi connectivity index (χ4n) is 4.40. The molecular weight excluding hydrogens is 344 g/mol. The van der Waals surface area contributed by atoms with Gasteiger partial charge in [0.1, 0.15) is 17.8 Å². The molecular formula is C18H22O8. The van der Waals surface area contributed by atoms with E-state index in [0.29, 0.717) is 6.42 Å². The second-order valence-corrected chi connectivity index (χ2v) is 7.92. The standard InChI is InChI=1S/C18H22O8/c1-7(2)16(22)26-18(3,4)6-10(19)24-13-8-5-9-12(11(8)15(20)21)17(23)25-14(9)13/h8-9,11-14H,1,5-6H2,2-4H3,(H,20,21). The Balaban J connectivity index is 1.67. The average molecular weight is 366 g/mol. The van der Waals surface area contributed by atoms with Crippen LogP contribution in [-0.2, 0) is 33.4 Å². The number of esters is 3. The number of carbonyl (C=O) groups excluding carboxylic acids is 3. The fraction of sp³-hybridized carbons (Fsp3) is 0.667. The molecule has 1 aliphatic heterocycles. The molecule has 1 saturated heterocycles. The van der Waals surface area contributed by atoms with Crippen LogP contribution in [0.15, 0.2) is 12.2 Å². The number of hydrogen-bond acceptors (Lipinski definition) is 7. The third-order valence-corrected chi connectivity index (χ3v) is 5.39. The highest BCUT2D eigenvalue weighted by Gasteiger charge is 2.70. The van der Waals surface area contributed by atoms with Crippen LogP contribution in [0.25, 0.3) is 0 Å². The molecule has 1 heterocycles. The van der Waals surface area contributed by atoms with Gasteiger partial charge in [-0.15, -0.1) is 0 Å². The van der Waals surface area contributed by atoms with Crippen LogP contribution in [0.5, 0.6) is 0 Å². The van der Waals surface area contributed by atoms with E-state index in [-0.39, 0.29) is 17.9 Å². The quantitative estimate of drug-likeness (QED) is 0.422. The highest BCUT2D eigenvalue weighted by atomic mass is 16.6. The van der Waals surface area contributed by atoms with Gasteiger partial charge in [0.05, 0.1) is 18.3 Å². The van der Waals surface area contributed by atoms with Crippen molar-refractivity contribution in [3.05, 3.63) is 12.2 Å². The van der Waals surface area contributed by atoms with Crippen LogP contribution in [0.2, 0.25) is 0 Å². The second kappa shape index (κ2) is 6.10. The number of rotatable bonds is 6. The molecule has 1 N–H and O–H groups in total. The number of carboxylic acids is 1. The molecule has 6 unspecified atom stereocenters. The van der Waals surface area contributed by atoms with Crippen LogP contribution in [0.3, 0.4) is 0 Å². The van der Waals surface area contributed by atoms with E-state index < -0.39 is 59.4 Å². The summed E-state index contributed by atoms with van der Waals surface area (Å²) in [5.74, 6) is -5.04. The molecule has 2 saturated carbocycles. The lowest BCUT2D eigenvalue weighted by molar-refractivity contribution is -0.172. The lowest BCUT2D eigenvalue weighted by Gasteiger charge is -2.30. The van der Waals surface area contributed by atoms with Gasteiger partial charge in [-0.25, -0.2) is 4.79 Å². The minimum absolute atomic E-state index is 0.207. The van der Waals surface area contributed by atoms with Crippen LogP contribution in [-0.4, -0.2) is 46.8 Å². The summed E-state index contributed by atoms with van der Waals surface area (Å²) in [6, 6.07) is 0. The first kappa shape index (κ1) is 18.4. The Hall–Kier alpha value is -2.38. The van der Waals surface area contributed by atoms with Gasteiger partial charge in [-0.3, -0.25) is 14.4 Å². The van der Waals surface area contributed by atoms with E-state index in [1.807, 2.05) is 0 Å². The summed E-state index contributed by atoms with van der Waals surface area (Å²) >= 11 is 0. The molecule has 142 valence electrons. The van der Waals surface area contributed by atoms with Gasteiger partial charge in [-0.05, 0) is 27.2 Å². The van der Waals surface area contributed by atoms with Gasteiger partial charge in [0.2, 0.25) is 0 Å². The van der Waals surface area contributed by atoms with Crippen LogP contribution in [0, 0.1) is 23.7 Å². The monoisotopic (exact) mass is 366 g/mol. The highest BCUT2D eigenvalue weighted by molar-refractivity contribution is 5.87. The normalized spacial score (nSPS) is 34.3. The maximum absolute atomic E-state index is 12.4. The second-order valence-electron chi connectivity index (χ2n) is 7.92. The third-order valence-electron chi connectivity index (χ3n) is 5.39. The Morgan fingerprint density at radius 1 is 1.31 bits per heavy atom. The maximum atomic E-state index is 12.4. The SMILES string of the molecule is C=C(C)C(=O)OC(C)(C)CC(=O)OC1C2CC3C1OC(=O)C3C2C(=O)O. The fourth-order valence-corrected chi connectivity index (χ4v) is 4.40. The molecule has 0 aromatic rings. The van der Waals surface area contributed by atoms with Crippen molar-refractivity contribution in [2.45, 2.75) is 51.4 Å². The Kier molecular flexibility index (Phi) is 4.32. The van der Waals surface area contributed by atoms with Crippen molar-refractivity contribution >= 4 is 23.9 Å². The minimum atomic E-state index is -1.11. The molecule has 0 aromatic carbocycles. The van der Waals surface area contributed by atoms with Crippen molar-refractivity contribution in [3.63, 3.8) is 0 Å². The summed E-state index contributed by atoms with van der Waals surface area (Å²) in [7, 11) is 0. The first-order valence-electron chi connectivity index (χ1n) is 8.53. The Labute approximate surface area is 150 Å². The number of carbonyl (C=O) groups is 4. The highest BCUT2D eigenvalue weighted by Crippen LogP contribution is 2.58. The van der Waals surface area contributed by atoms with Crippen LogP contribution in [0.1, 0.15) is 33.6 Å². The molecule has 3 rings (SSSR count). The number of hydrogen-bond donors (Lipinski definition) is 1. The molecule has 3 fully saturated rings. The van der Waals surface area contributed by atoms with Crippen molar-refractivity contribution < 1.29 is 38.5 Å². The van der Waals surface area contributed by atoms with E-state index in [2.05, 4.69) is 6.58 Å². The van der Waals surface area contributed by atoms with Crippen LogP contribution in [0.4, 0.5) is 0 Å². The molecule has 26 heavy (non-hydrogen) atoms. The van der Waals surface area contributed by atoms with Crippen molar-refractivity contribution in [1.82, 2.24) is 0 Å². The minimum Gasteiger partial charge on any atom is -0.481 e. The lowest BCUT2D eigenvalue weighted by Crippen LogP contribution is -2.44. The predicted octanol–water partition coefficient (Wildman–Crippen LogP) is 1.08. The van der Waals surface area contributed by atoms with E-state index >= 15 is 0 Å². The maximum Gasteiger partial charge on any atom is 0.333 e. The van der Waals surface area contributed by atoms with Gasteiger partial charge in [0.25, 0.3) is 0 Å². The van der Waals surface area contributed by atoms with Gasteiger partial charge in [0, 0.05) is 17.4 Å². The zero-order chi connectivity index (χ0) is 19.4. The summed E-state index contributed by atoms with van der Waals surface area (Å²) in [6.45, 7) is 8.14. The third kappa shape index (κ3) is 2.97. The van der Waals surface area contributed by atoms with Gasteiger partial charge >= 0.3 is 23.9 Å². The van der Waals surface area contributed by atoms with Gasteiger partial charge < -0.3 is 19.3 Å². The van der Waals surface area contributed by atoms with E-state index in [4.69, 9.17) is 14.2 Å². The number of fused-ring (bicyclic) bond motifs is 1. The lowest BCUT2D eigenvalue weighted by atomic mass is 9.78. The van der Waals surface area contributed by atoms with Crippen molar-refractivity contribution in [2.24, 2.45) is 23.7 Å². The van der Waals surface area contributed by atoms with E-state index in [9.17, 15) is 24.3 Å².